The Kier molecular flexibility index (Phi) is 4.72. The number of nitrogens with zero attached hydrogens (tertiary/aromatic N) is 2. The van der Waals surface area contributed by atoms with Crippen molar-refractivity contribution in [2.75, 3.05) is 13.1 Å². The van der Waals surface area contributed by atoms with Gasteiger partial charge >= 0.3 is 0 Å². The van der Waals surface area contributed by atoms with Gasteiger partial charge in [-0.2, -0.15) is 0 Å². The Bertz CT molecular complexity index is 774. The Morgan fingerprint density at radius 3 is 2.58 bits per heavy atom. The van der Waals surface area contributed by atoms with Gasteiger partial charge in [-0.1, -0.05) is 36.2 Å². The smallest absolute Gasteiger partial charge is 0.233 e. The molecule has 26 heavy (non-hydrogen) atoms. The lowest BCUT2D eigenvalue weighted by Crippen LogP contribution is -2.50. The van der Waals surface area contributed by atoms with Crippen LogP contribution >= 0.6 is 11.6 Å². The van der Waals surface area contributed by atoms with E-state index < -0.39 is 11.5 Å². The molecule has 2 heterocycles. The van der Waals surface area contributed by atoms with Gasteiger partial charge in [0.1, 0.15) is 0 Å². The molecular formula is C21H23ClN2O2. The summed E-state index contributed by atoms with van der Waals surface area (Å²) in [6, 6.07) is 13.5. The highest BCUT2D eigenvalue weighted by molar-refractivity contribution is 6.30. The zero-order valence-electron chi connectivity index (χ0n) is 14.6. The molecule has 0 spiro atoms. The summed E-state index contributed by atoms with van der Waals surface area (Å²) in [4.78, 5) is 19.5. The molecule has 2 aromatic rings. The quantitative estimate of drug-likeness (QED) is 0.899. The predicted octanol–water partition coefficient (Wildman–Crippen LogP) is 3.22. The van der Waals surface area contributed by atoms with Gasteiger partial charge in [0.2, 0.25) is 5.91 Å². The number of carbonyl (C=O) groups excluding carboxylic acids is 1. The van der Waals surface area contributed by atoms with E-state index in [4.69, 9.17) is 11.6 Å². The molecule has 0 bridgehead atoms. The van der Waals surface area contributed by atoms with Crippen molar-refractivity contribution in [1.29, 1.82) is 0 Å². The Morgan fingerprint density at radius 2 is 1.96 bits per heavy atom. The molecule has 2 aliphatic rings. The second-order valence-electron chi connectivity index (χ2n) is 7.51. The highest BCUT2D eigenvalue weighted by Gasteiger charge is 2.49. The van der Waals surface area contributed by atoms with E-state index in [0.717, 1.165) is 30.5 Å². The van der Waals surface area contributed by atoms with E-state index in [1.165, 1.54) is 0 Å². The van der Waals surface area contributed by atoms with Crippen molar-refractivity contribution < 1.29 is 9.90 Å². The van der Waals surface area contributed by atoms with E-state index in [1.807, 2.05) is 47.4 Å². The molecule has 2 atom stereocenters. The minimum absolute atomic E-state index is 0.0381. The first-order valence-corrected chi connectivity index (χ1v) is 9.60. The van der Waals surface area contributed by atoms with Crippen LogP contribution < -0.4 is 0 Å². The molecule has 4 nitrogen and oxygen atoms in total. The summed E-state index contributed by atoms with van der Waals surface area (Å²) < 4.78 is 0. The summed E-state index contributed by atoms with van der Waals surface area (Å²) >= 11 is 6.01. The third kappa shape index (κ3) is 3.12. The van der Waals surface area contributed by atoms with Crippen LogP contribution in [0.3, 0.4) is 0 Å². The van der Waals surface area contributed by atoms with Gasteiger partial charge in [-0.15, -0.1) is 0 Å². The molecule has 1 aliphatic carbocycles. The maximum Gasteiger partial charge on any atom is 0.233 e. The number of rotatable bonds is 4. The molecule has 136 valence electrons. The van der Waals surface area contributed by atoms with E-state index in [1.54, 1.807) is 6.20 Å². The summed E-state index contributed by atoms with van der Waals surface area (Å²) in [5.74, 6) is 0.185. The number of likely N-dealkylation sites (tertiary alicyclic amines) is 1. The molecule has 1 amide bonds. The average molecular weight is 371 g/mol. The Morgan fingerprint density at radius 1 is 1.19 bits per heavy atom. The zero-order valence-corrected chi connectivity index (χ0v) is 15.4. The van der Waals surface area contributed by atoms with Crippen molar-refractivity contribution in [2.45, 2.75) is 37.2 Å². The van der Waals surface area contributed by atoms with Crippen LogP contribution in [0.4, 0.5) is 0 Å². The maximum atomic E-state index is 13.3. The van der Waals surface area contributed by atoms with Crippen LogP contribution in [0.15, 0.2) is 48.7 Å². The largest absolute Gasteiger partial charge is 0.391 e. The summed E-state index contributed by atoms with van der Waals surface area (Å²) in [7, 11) is 0. The van der Waals surface area contributed by atoms with Crippen molar-refractivity contribution in [1.82, 2.24) is 9.88 Å². The van der Waals surface area contributed by atoms with Crippen molar-refractivity contribution >= 4 is 17.5 Å². The number of hydrogen-bond acceptors (Lipinski definition) is 3. The number of hydrogen-bond donors (Lipinski definition) is 1. The van der Waals surface area contributed by atoms with E-state index >= 15 is 0 Å². The Labute approximate surface area is 158 Å². The van der Waals surface area contributed by atoms with Crippen LogP contribution in [-0.4, -0.2) is 40.1 Å². The van der Waals surface area contributed by atoms with Gasteiger partial charge in [0.05, 0.1) is 11.5 Å². The summed E-state index contributed by atoms with van der Waals surface area (Å²) in [5.41, 5.74) is 1.56. The lowest BCUT2D eigenvalue weighted by molar-refractivity contribution is -0.140. The minimum Gasteiger partial charge on any atom is -0.391 e. The van der Waals surface area contributed by atoms with Gasteiger partial charge in [-0.25, -0.2) is 0 Å². The normalized spacial score (nSPS) is 24.3. The fourth-order valence-electron chi connectivity index (χ4n) is 4.24. The lowest BCUT2D eigenvalue weighted by Gasteiger charge is -2.43. The SMILES string of the molecule is O=C(N1C[C@@H](Cc2ccccn2)[C@H](O)C1)C1(c2ccc(Cl)cc2)CCC1. The van der Waals surface area contributed by atoms with Crippen LogP contribution in [0.25, 0.3) is 0 Å². The van der Waals surface area contributed by atoms with E-state index in [9.17, 15) is 9.90 Å². The first-order valence-electron chi connectivity index (χ1n) is 9.22. The van der Waals surface area contributed by atoms with Crippen LogP contribution in [-0.2, 0) is 16.6 Å². The van der Waals surface area contributed by atoms with Gasteiger partial charge in [0.15, 0.2) is 0 Å². The number of aliphatic hydroxyl groups excluding tert-OH is 1. The number of amides is 1. The topological polar surface area (TPSA) is 53.4 Å². The third-order valence-corrected chi connectivity index (χ3v) is 6.16. The van der Waals surface area contributed by atoms with Crippen molar-refractivity contribution in [3.8, 4) is 0 Å². The van der Waals surface area contributed by atoms with Crippen LogP contribution in [0.2, 0.25) is 5.02 Å². The van der Waals surface area contributed by atoms with E-state index in [0.29, 0.717) is 24.5 Å². The Hall–Kier alpha value is -1.91. The van der Waals surface area contributed by atoms with Crippen LogP contribution in [0, 0.1) is 5.92 Å². The highest BCUT2D eigenvalue weighted by Crippen LogP contribution is 2.46. The molecule has 2 fully saturated rings. The fraction of sp³-hybridized carbons (Fsp3) is 0.429. The molecule has 1 aromatic carbocycles. The van der Waals surface area contributed by atoms with Gasteiger partial charge < -0.3 is 10.0 Å². The fourth-order valence-corrected chi connectivity index (χ4v) is 4.36. The number of aromatic nitrogens is 1. The van der Waals surface area contributed by atoms with Crippen molar-refractivity contribution in [2.24, 2.45) is 5.92 Å². The first kappa shape index (κ1) is 17.5. The molecule has 1 aliphatic heterocycles. The number of pyridine rings is 1. The first-order chi connectivity index (χ1) is 12.6. The molecule has 5 heteroatoms. The summed E-state index contributed by atoms with van der Waals surface area (Å²) in [6.07, 6.45) is 4.75. The second kappa shape index (κ2) is 7.01. The highest BCUT2D eigenvalue weighted by atomic mass is 35.5. The number of β-amino-alcohol motifs (C(OH)–C–C–N with tert-alkyl or cyclic N) is 1. The monoisotopic (exact) mass is 370 g/mol. The Balaban J connectivity index is 1.50. The van der Waals surface area contributed by atoms with Gasteiger partial charge in [-0.05, 0) is 49.1 Å². The van der Waals surface area contributed by atoms with Gasteiger partial charge in [0.25, 0.3) is 0 Å². The number of benzene rings is 1. The average Bonchev–Trinajstić information content (AvgIpc) is 2.97. The molecule has 1 saturated carbocycles. The molecule has 1 N–H and O–H groups in total. The molecular weight excluding hydrogens is 348 g/mol. The minimum atomic E-state index is -0.497. The molecule has 0 radical (unpaired) electrons. The molecule has 1 saturated heterocycles. The van der Waals surface area contributed by atoms with E-state index in [2.05, 4.69) is 4.98 Å². The number of carbonyl (C=O) groups is 1. The van der Waals surface area contributed by atoms with Crippen molar-refractivity contribution in [3.63, 3.8) is 0 Å². The van der Waals surface area contributed by atoms with Gasteiger partial charge in [-0.3, -0.25) is 9.78 Å². The maximum absolute atomic E-state index is 13.3. The van der Waals surface area contributed by atoms with Gasteiger partial charge in [0, 0.05) is 35.9 Å². The standard InChI is InChI=1S/C21H23ClN2O2/c22-17-7-5-16(6-8-17)21(9-3-10-21)20(26)24-13-15(19(25)14-24)12-18-4-1-2-11-23-18/h1-2,4-8,11,15,19,25H,3,9-10,12-14H2/t15-,19-/m1/s1. The third-order valence-electron chi connectivity index (χ3n) is 5.90. The van der Waals surface area contributed by atoms with Crippen LogP contribution in [0.1, 0.15) is 30.5 Å². The predicted molar refractivity (Wildman–Crippen MR) is 101 cm³/mol. The lowest BCUT2D eigenvalue weighted by atomic mass is 9.63. The molecule has 1 aromatic heterocycles. The second-order valence-corrected chi connectivity index (χ2v) is 7.94. The van der Waals surface area contributed by atoms with Crippen molar-refractivity contribution in [3.05, 3.63) is 64.9 Å². The molecule has 0 unspecified atom stereocenters. The molecule has 4 rings (SSSR count). The summed E-state index contributed by atoms with van der Waals surface area (Å²) in [6.45, 7) is 0.998. The van der Waals surface area contributed by atoms with Crippen LogP contribution in [0.5, 0.6) is 0 Å². The number of halogens is 1. The number of aliphatic hydroxyl groups is 1. The van der Waals surface area contributed by atoms with E-state index in [-0.39, 0.29) is 11.8 Å². The zero-order chi connectivity index (χ0) is 18.1. The summed E-state index contributed by atoms with van der Waals surface area (Å²) in [5, 5.41) is 11.2.